The summed E-state index contributed by atoms with van der Waals surface area (Å²) in [6.45, 7) is 0.775. The van der Waals surface area contributed by atoms with E-state index < -0.39 is 0 Å². The summed E-state index contributed by atoms with van der Waals surface area (Å²) in [4.78, 5) is 11.5. The molecule has 0 spiro atoms. The second kappa shape index (κ2) is 5.11. The Morgan fingerprint density at radius 2 is 2.11 bits per heavy atom. The molecule has 0 amide bonds. The number of H-pyrrole nitrogens is 1. The lowest BCUT2D eigenvalue weighted by molar-refractivity contribution is 0.700. The van der Waals surface area contributed by atoms with Gasteiger partial charge in [0.1, 0.15) is 0 Å². The van der Waals surface area contributed by atoms with Crippen LogP contribution in [-0.2, 0) is 13.0 Å². The number of imidazole rings is 1. The Kier molecular flexibility index (Phi) is 3.31. The van der Waals surface area contributed by atoms with Crippen molar-refractivity contribution in [2.45, 2.75) is 13.0 Å². The van der Waals surface area contributed by atoms with Gasteiger partial charge in [0.15, 0.2) is 10.4 Å². The van der Waals surface area contributed by atoms with Crippen LogP contribution < -0.4 is 0 Å². The molecular weight excluding hydrogens is 280 g/mol. The van der Waals surface area contributed by atoms with Crippen LogP contribution in [0.5, 0.6) is 0 Å². The van der Waals surface area contributed by atoms with Crippen molar-refractivity contribution in [2.24, 2.45) is 0 Å². The molecule has 0 aliphatic rings. The van der Waals surface area contributed by atoms with E-state index in [9.17, 15) is 0 Å². The molecule has 3 rings (SSSR count). The maximum Gasteiger partial charge on any atom is 0.179 e. The summed E-state index contributed by atoms with van der Waals surface area (Å²) in [5, 5.41) is 0.602. The molecule has 0 radical (unpaired) electrons. The van der Waals surface area contributed by atoms with E-state index in [1.54, 1.807) is 18.6 Å². The van der Waals surface area contributed by atoms with Crippen LogP contribution in [-0.4, -0.2) is 19.5 Å². The van der Waals surface area contributed by atoms with E-state index in [1.807, 2.05) is 22.8 Å². The molecule has 0 aliphatic carbocycles. The summed E-state index contributed by atoms with van der Waals surface area (Å²) in [5.74, 6) is 0. The van der Waals surface area contributed by atoms with Gasteiger partial charge >= 0.3 is 0 Å². The number of aromatic amines is 1. The number of fused-ring (bicyclic) bond motifs is 1. The Morgan fingerprint density at radius 3 is 2.89 bits per heavy atom. The average Bonchev–Trinajstić information content (AvgIpc) is 2.72. The molecule has 0 aromatic carbocycles. The summed E-state index contributed by atoms with van der Waals surface area (Å²) < 4.78 is 2.65. The van der Waals surface area contributed by atoms with Crippen molar-refractivity contribution in [2.75, 3.05) is 0 Å². The highest BCUT2D eigenvalue weighted by molar-refractivity contribution is 7.71. The van der Waals surface area contributed by atoms with Crippen LogP contribution in [0.2, 0.25) is 5.02 Å². The van der Waals surface area contributed by atoms with Crippen molar-refractivity contribution in [1.82, 2.24) is 19.5 Å². The predicted octanol–water partition coefficient (Wildman–Crippen LogP) is 3.38. The smallest absolute Gasteiger partial charge is 0.179 e. The van der Waals surface area contributed by atoms with Gasteiger partial charge in [0.2, 0.25) is 0 Å². The number of aromatic nitrogens is 4. The highest BCUT2D eigenvalue weighted by atomic mass is 35.5. The van der Waals surface area contributed by atoms with Crippen LogP contribution in [0.1, 0.15) is 5.56 Å². The lowest BCUT2D eigenvalue weighted by atomic mass is 10.2. The molecule has 4 nitrogen and oxygen atoms in total. The number of halogens is 1. The molecule has 0 saturated heterocycles. The van der Waals surface area contributed by atoms with E-state index in [1.165, 1.54) is 5.56 Å². The third kappa shape index (κ3) is 2.52. The van der Waals surface area contributed by atoms with Gasteiger partial charge in [0, 0.05) is 25.1 Å². The molecule has 96 valence electrons. The van der Waals surface area contributed by atoms with Gasteiger partial charge in [-0.2, -0.15) is 0 Å². The van der Waals surface area contributed by atoms with Crippen molar-refractivity contribution in [3.8, 4) is 0 Å². The minimum atomic E-state index is 0.602. The zero-order valence-corrected chi connectivity index (χ0v) is 11.6. The molecule has 0 saturated carbocycles. The fourth-order valence-corrected chi connectivity index (χ4v) is 2.46. The minimum absolute atomic E-state index is 0.602. The number of hydrogen-bond donors (Lipinski definition) is 1. The maximum absolute atomic E-state index is 5.92. The van der Waals surface area contributed by atoms with Crippen LogP contribution >= 0.6 is 23.8 Å². The molecule has 1 N–H and O–H groups in total. The van der Waals surface area contributed by atoms with Crippen LogP contribution in [0.3, 0.4) is 0 Å². The normalized spacial score (nSPS) is 11.0. The van der Waals surface area contributed by atoms with Gasteiger partial charge < -0.3 is 9.55 Å². The Labute approximate surface area is 120 Å². The summed E-state index contributed by atoms with van der Waals surface area (Å²) in [6, 6.07) is 5.84. The van der Waals surface area contributed by atoms with Gasteiger partial charge in [-0.05, 0) is 42.4 Å². The molecular formula is C13H11ClN4S. The minimum Gasteiger partial charge on any atom is -0.329 e. The molecule has 3 heterocycles. The quantitative estimate of drug-likeness (QED) is 0.752. The first kappa shape index (κ1) is 12.3. The van der Waals surface area contributed by atoms with E-state index in [-0.39, 0.29) is 0 Å². The fourth-order valence-electron chi connectivity index (χ4n) is 2.02. The molecule has 3 aromatic rings. The van der Waals surface area contributed by atoms with Crippen molar-refractivity contribution in [3.05, 3.63) is 52.1 Å². The molecule has 3 aromatic heterocycles. The lowest BCUT2D eigenvalue weighted by Crippen LogP contribution is -2.02. The third-order valence-electron chi connectivity index (χ3n) is 2.95. The van der Waals surface area contributed by atoms with E-state index >= 15 is 0 Å². The average molecular weight is 291 g/mol. The second-order valence-corrected chi connectivity index (χ2v) is 5.04. The summed E-state index contributed by atoms with van der Waals surface area (Å²) >= 11 is 11.2. The first-order chi connectivity index (χ1) is 9.24. The fraction of sp³-hybridized carbons (Fsp3) is 0.154. The van der Waals surface area contributed by atoms with Crippen molar-refractivity contribution < 1.29 is 0 Å². The molecule has 6 heteroatoms. The Bertz CT molecular complexity index is 763. The second-order valence-electron chi connectivity index (χ2n) is 4.21. The van der Waals surface area contributed by atoms with E-state index in [2.05, 4.69) is 15.0 Å². The molecule has 0 unspecified atom stereocenters. The zero-order chi connectivity index (χ0) is 13.2. The van der Waals surface area contributed by atoms with Gasteiger partial charge in [-0.25, -0.2) is 4.98 Å². The number of rotatable bonds is 3. The summed E-state index contributed by atoms with van der Waals surface area (Å²) in [6.07, 6.45) is 6.10. The Hall–Kier alpha value is -1.72. The summed E-state index contributed by atoms with van der Waals surface area (Å²) in [7, 11) is 0. The van der Waals surface area contributed by atoms with Gasteiger partial charge in [-0.1, -0.05) is 11.6 Å². The SMILES string of the molecule is S=c1[nH]c2cc(Cl)cnc2n1CCc1ccncc1. The van der Waals surface area contributed by atoms with E-state index in [0.29, 0.717) is 9.79 Å². The standard InChI is InChI=1S/C13H11ClN4S/c14-10-7-11-12(16-8-10)18(13(19)17-11)6-3-9-1-4-15-5-2-9/h1-2,4-5,7-8H,3,6H2,(H,17,19). The van der Waals surface area contributed by atoms with Crippen molar-refractivity contribution >= 4 is 35.0 Å². The number of nitrogens with zero attached hydrogens (tertiary/aromatic N) is 3. The number of pyridine rings is 2. The molecule has 0 aliphatic heterocycles. The molecule has 0 bridgehead atoms. The summed E-state index contributed by atoms with van der Waals surface area (Å²) in [5.41, 5.74) is 2.93. The number of hydrogen-bond acceptors (Lipinski definition) is 3. The van der Waals surface area contributed by atoms with Crippen LogP contribution in [0.4, 0.5) is 0 Å². The van der Waals surface area contributed by atoms with E-state index in [0.717, 1.165) is 24.1 Å². The first-order valence-electron chi connectivity index (χ1n) is 5.87. The lowest BCUT2D eigenvalue weighted by Gasteiger charge is -2.04. The van der Waals surface area contributed by atoms with E-state index in [4.69, 9.17) is 23.8 Å². The first-order valence-corrected chi connectivity index (χ1v) is 6.65. The molecule has 0 atom stereocenters. The highest BCUT2D eigenvalue weighted by Gasteiger charge is 2.06. The zero-order valence-electron chi connectivity index (χ0n) is 10.0. The van der Waals surface area contributed by atoms with Gasteiger partial charge in [0.05, 0.1) is 10.5 Å². The van der Waals surface area contributed by atoms with Crippen LogP contribution in [0.25, 0.3) is 11.2 Å². The van der Waals surface area contributed by atoms with Gasteiger partial charge in [-0.3, -0.25) is 4.98 Å². The van der Waals surface area contributed by atoms with Crippen molar-refractivity contribution in [1.29, 1.82) is 0 Å². The predicted molar refractivity (Wildman–Crippen MR) is 77.9 cm³/mol. The number of nitrogens with one attached hydrogen (secondary N) is 1. The van der Waals surface area contributed by atoms with Gasteiger partial charge in [-0.15, -0.1) is 0 Å². The van der Waals surface area contributed by atoms with Crippen molar-refractivity contribution in [3.63, 3.8) is 0 Å². The number of aryl methyl sites for hydroxylation is 2. The topological polar surface area (TPSA) is 46.5 Å². The maximum atomic E-state index is 5.92. The van der Waals surface area contributed by atoms with Crippen LogP contribution in [0, 0.1) is 4.77 Å². The largest absolute Gasteiger partial charge is 0.329 e. The highest BCUT2D eigenvalue weighted by Crippen LogP contribution is 2.16. The Balaban J connectivity index is 1.93. The monoisotopic (exact) mass is 290 g/mol. The van der Waals surface area contributed by atoms with Gasteiger partial charge in [0.25, 0.3) is 0 Å². The molecule has 19 heavy (non-hydrogen) atoms. The Morgan fingerprint density at radius 1 is 1.32 bits per heavy atom. The third-order valence-corrected chi connectivity index (χ3v) is 3.48. The van der Waals surface area contributed by atoms with Crippen LogP contribution in [0.15, 0.2) is 36.8 Å². The molecule has 0 fully saturated rings.